The van der Waals surface area contributed by atoms with E-state index in [-0.39, 0.29) is 0 Å². The number of pyridine rings is 1. The first-order valence-corrected chi connectivity index (χ1v) is 7.53. The molecule has 0 saturated carbocycles. The summed E-state index contributed by atoms with van der Waals surface area (Å²) in [6, 6.07) is 4.78. The molecule has 2 rings (SSSR count). The van der Waals surface area contributed by atoms with Gasteiger partial charge in [0.15, 0.2) is 0 Å². The predicted octanol–water partition coefficient (Wildman–Crippen LogP) is 3.23. The maximum Gasteiger partial charge on any atom is 0.0606 e. The van der Waals surface area contributed by atoms with Crippen molar-refractivity contribution in [3.05, 3.63) is 23.5 Å². The number of likely N-dealkylation sites (tertiary alicyclic amines) is 1. The molecule has 1 unspecified atom stereocenters. The van der Waals surface area contributed by atoms with Gasteiger partial charge in [-0.25, -0.2) is 0 Å². The minimum atomic E-state index is 0.530. The molecule has 1 aliphatic heterocycles. The van der Waals surface area contributed by atoms with Crippen LogP contribution in [0.3, 0.4) is 0 Å². The Morgan fingerprint density at radius 3 is 2.58 bits per heavy atom. The Bertz CT molecular complexity index is 408. The molecule has 0 spiro atoms. The first kappa shape index (κ1) is 14.3. The van der Waals surface area contributed by atoms with Crippen molar-refractivity contribution in [3.8, 4) is 0 Å². The van der Waals surface area contributed by atoms with Crippen LogP contribution in [-0.4, -0.2) is 35.6 Å². The van der Waals surface area contributed by atoms with Crippen LogP contribution in [0.4, 0.5) is 5.69 Å². The lowest BCUT2D eigenvalue weighted by Crippen LogP contribution is -2.39. The van der Waals surface area contributed by atoms with Gasteiger partial charge in [0, 0.05) is 11.7 Å². The minimum Gasteiger partial charge on any atom is -0.381 e. The molecule has 106 valence electrons. The van der Waals surface area contributed by atoms with Gasteiger partial charge in [-0.15, -0.1) is 0 Å². The van der Waals surface area contributed by atoms with Gasteiger partial charge in [0.1, 0.15) is 0 Å². The van der Waals surface area contributed by atoms with Crippen molar-refractivity contribution in [1.29, 1.82) is 0 Å². The molecule has 1 fully saturated rings. The maximum atomic E-state index is 4.53. The van der Waals surface area contributed by atoms with Gasteiger partial charge in [-0.3, -0.25) is 4.98 Å². The zero-order chi connectivity index (χ0) is 13.8. The van der Waals surface area contributed by atoms with Crippen LogP contribution in [0.2, 0.25) is 0 Å². The molecule has 1 aliphatic rings. The minimum absolute atomic E-state index is 0.530. The first-order chi connectivity index (χ1) is 9.10. The molecule has 2 heterocycles. The van der Waals surface area contributed by atoms with E-state index >= 15 is 0 Å². The maximum absolute atomic E-state index is 4.53. The molecule has 0 radical (unpaired) electrons. The van der Waals surface area contributed by atoms with Gasteiger partial charge in [0.05, 0.1) is 11.4 Å². The van der Waals surface area contributed by atoms with Crippen molar-refractivity contribution < 1.29 is 0 Å². The number of rotatable bonds is 4. The summed E-state index contributed by atoms with van der Waals surface area (Å²) in [5.74, 6) is 0.781. The standard InChI is InChI=1S/C16H27N3/c1-5-19-10-8-15(9-11-19)13(3)18-16-7-6-12(2)17-14(16)4/h6-7,13,15,18H,5,8-11H2,1-4H3. The van der Waals surface area contributed by atoms with Gasteiger partial charge in [0.25, 0.3) is 0 Å². The van der Waals surface area contributed by atoms with E-state index in [0.717, 1.165) is 17.3 Å². The third kappa shape index (κ3) is 3.69. The lowest BCUT2D eigenvalue weighted by atomic mass is 9.90. The van der Waals surface area contributed by atoms with Crippen molar-refractivity contribution in [1.82, 2.24) is 9.88 Å². The molecule has 1 N–H and O–H groups in total. The molecule has 3 nitrogen and oxygen atoms in total. The molecular weight excluding hydrogens is 234 g/mol. The molecule has 1 saturated heterocycles. The number of aryl methyl sites for hydroxylation is 2. The van der Waals surface area contributed by atoms with E-state index in [4.69, 9.17) is 0 Å². The van der Waals surface area contributed by atoms with Crippen molar-refractivity contribution in [3.63, 3.8) is 0 Å². The van der Waals surface area contributed by atoms with Gasteiger partial charge in [-0.05, 0) is 71.3 Å². The zero-order valence-electron chi connectivity index (χ0n) is 12.7. The molecule has 0 aliphatic carbocycles. The molecule has 1 atom stereocenters. The van der Waals surface area contributed by atoms with E-state index in [1.807, 2.05) is 6.92 Å². The van der Waals surface area contributed by atoms with Gasteiger partial charge >= 0.3 is 0 Å². The highest BCUT2D eigenvalue weighted by molar-refractivity contribution is 5.48. The topological polar surface area (TPSA) is 28.2 Å². The van der Waals surface area contributed by atoms with Gasteiger partial charge in [-0.1, -0.05) is 6.92 Å². The van der Waals surface area contributed by atoms with E-state index in [0.29, 0.717) is 6.04 Å². The Balaban J connectivity index is 1.92. The molecule has 1 aromatic rings. The quantitative estimate of drug-likeness (QED) is 0.902. The summed E-state index contributed by atoms with van der Waals surface area (Å²) in [5, 5.41) is 3.66. The molecule has 3 heteroatoms. The highest BCUT2D eigenvalue weighted by Gasteiger charge is 2.23. The highest BCUT2D eigenvalue weighted by atomic mass is 15.1. The van der Waals surface area contributed by atoms with E-state index in [2.05, 4.69) is 48.1 Å². The normalized spacial score (nSPS) is 19.4. The predicted molar refractivity (Wildman–Crippen MR) is 81.6 cm³/mol. The molecule has 0 amide bonds. The largest absolute Gasteiger partial charge is 0.381 e. The third-order valence-corrected chi connectivity index (χ3v) is 4.39. The van der Waals surface area contributed by atoms with Crippen LogP contribution in [0.15, 0.2) is 12.1 Å². The summed E-state index contributed by atoms with van der Waals surface area (Å²) in [6.45, 7) is 12.4. The summed E-state index contributed by atoms with van der Waals surface area (Å²) < 4.78 is 0. The van der Waals surface area contributed by atoms with Crippen LogP contribution in [0.25, 0.3) is 0 Å². The van der Waals surface area contributed by atoms with Crippen molar-refractivity contribution in [2.45, 2.75) is 46.6 Å². The van der Waals surface area contributed by atoms with E-state index in [1.54, 1.807) is 0 Å². The molecular formula is C16H27N3. The van der Waals surface area contributed by atoms with Crippen LogP contribution in [0, 0.1) is 19.8 Å². The Kier molecular flexibility index (Phi) is 4.81. The smallest absolute Gasteiger partial charge is 0.0606 e. The highest BCUT2D eigenvalue weighted by Crippen LogP contribution is 2.24. The van der Waals surface area contributed by atoms with Crippen molar-refractivity contribution >= 4 is 5.69 Å². The number of hydrogen-bond donors (Lipinski definition) is 1. The zero-order valence-corrected chi connectivity index (χ0v) is 12.7. The number of aromatic nitrogens is 1. The fraction of sp³-hybridized carbons (Fsp3) is 0.688. The Hall–Kier alpha value is -1.09. The second-order valence-corrected chi connectivity index (χ2v) is 5.79. The average Bonchev–Trinajstić information content (AvgIpc) is 2.42. The monoisotopic (exact) mass is 261 g/mol. The molecule has 0 aromatic carbocycles. The second-order valence-electron chi connectivity index (χ2n) is 5.79. The van der Waals surface area contributed by atoms with E-state index in [9.17, 15) is 0 Å². The van der Waals surface area contributed by atoms with E-state index in [1.165, 1.54) is 38.2 Å². The summed E-state index contributed by atoms with van der Waals surface area (Å²) in [5.41, 5.74) is 3.39. The number of anilines is 1. The lowest BCUT2D eigenvalue weighted by molar-refractivity contribution is 0.183. The van der Waals surface area contributed by atoms with Crippen LogP contribution in [-0.2, 0) is 0 Å². The SMILES string of the molecule is CCN1CCC(C(C)Nc2ccc(C)nc2C)CC1. The molecule has 1 aromatic heterocycles. The number of piperidine rings is 1. The first-order valence-electron chi connectivity index (χ1n) is 7.53. The van der Waals surface area contributed by atoms with Gasteiger partial charge in [0.2, 0.25) is 0 Å². The average molecular weight is 261 g/mol. The van der Waals surface area contributed by atoms with E-state index < -0.39 is 0 Å². The Morgan fingerprint density at radius 1 is 1.32 bits per heavy atom. The molecule has 0 bridgehead atoms. The number of nitrogens with one attached hydrogen (secondary N) is 1. The number of hydrogen-bond acceptors (Lipinski definition) is 3. The summed E-state index contributed by atoms with van der Waals surface area (Å²) in [7, 11) is 0. The van der Waals surface area contributed by atoms with Gasteiger partial charge in [-0.2, -0.15) is 0 Å². The lowest BCUT2D eigenvalue weighted by Gasteiger charge is -2.35. The van der Waals surface area contributed by atoms with Crippen molar-refractivity contribution in [2.24, 2.45) is 5.92 Å². The summed E-state index contributed by atoms with van der Waals surface area (Å²) in [4.78, 5) is 7.07. The third-order valence-electron chi connectivity index (χ3n) is 4.39. The Labute approximate surface area is 117 Å². The van der Waals surface area contributed by atoms with Crippen LogP contribution < -0.4 is 5.32 Å². The second kappa shape index (κ2) is 6.38. The summed E-state index contributed by atoms with van der Waals surface area (Å²) in [6.07, 6.45) is 2.61. The van der Waals surface area contributed by atoms with Crippen molar-refractivity contribution in [2.75, 3.05) is 25.0 Å². The summed E-state index contributed by atoms with van der Waals surface area (Å²) >= 11 is 0. The van der Waals surface area contributed by atoms with Crippen LogP contribution in [0.1, 0.15) is 38.1 Å². The molecule has 19 heavy (non-hydrogen) atoms. The van der Waals surface area contributed by atoms with Gasteiger partial charge < -0.3 is 10.2 Å². The van der Waals surface area contributed by atoms with Crippen LogP contribution >= 0.6 is 0 Å². The fourth-order valence-corrected chi connectivity index (χ4v) is 2.97. The number of nitrogens with zero attached hydrogens (tertiary/aromatic N) is 2. The van der Waals surface area contributed by atoms with Crippen LogP contribution in [0.5, 0.6) is 0 Å². The Morgan fingerprint density at radius 2 is 2.00 bits per heavy atom. The fourth-order valence-electron chi connectivity index (χ4n) is 2.97.